The third-order valence-corrected chi connectivity index (χ3v) is 10.2. The van der Waals surface area contributed by atoms with Crippen LogP contribution < -0.4 is 0 Å². The van der Waals surface area contributed by atoms with E-state index >= 15 is 0 Å². The molecule has 0 aromatic heterocycles. The van der Waals surface area contributed by atoms with Gasteiger partial charge in [-0.2, -0.15) is 0 Å². The molecule has 4 aliphatic rings. The molecule has 0 aromatic carbocycles. The number of hydrogen-bond acceptors (Lipinski definition) is 3. The second-order valence-electron chi connectivity index (χ2n) is 12.3. The molecule has 0 unspecified atom stereocenters. The van der Waals surface area contributed by atoms with Gasteiger partial charge in [0.2, 0.25) is 0 Å². The van der Waals surface area contributed by atoms with E-state index < -0.39 is 11.7 Å². The van der Waals surface area contributed by atoms with Gasteiger partial charge in [-0.05, 0) is 80.0 Å². The summed E-state index contributed by atoms with van der Waals surface area (Å²) in [6, 6.07) is 0. The summed E-state index contributed by atoms with van der Waals surface area (Å²) >= 11 is 0. The zero-order chi connectivity index (χ0) is 22.6. The standard InChI is InChI=1S/C28H46O3/c1-18(2)8-7-9-19(3)22-10-11-23-21-16-25(31-6)28(30)17-20(29)12-15-27(28,5)24(21)13-14-26(22,23)4/h7,9,16,18-20,22-25,29-30H,8,10-15,17H2,1-6H3/b9-7-/t19-,20+,22-,23+,24+,25-,26-,27-,28+/m1/s1. The van der Waals surface area contributed by atoms with Crippen LogP contribution >= 0.6 is 0 Å². The van der Waals surface area contributed by atoms with Gasteiger partial charge in [-0.3, -0.25) is 0 Å². The van der Waals surface area contributed by atoms with Crippen LogP contribution in [0.3, 0.4) is 0 Å². The maximum atomic E-state index is 11.9. The van der Waals surface area contributed by atoms with Crippen LogP contribution in [0.1, 0.15) is 86.0 Å². The van der Waals surface area contributed by atoms with Gasteiger partial charge in [-0.15, -0.1) is 0 Å². The van der Waals surface area contributed by atoms with E-state index in [1.807, 2.05) is 0 Å². The van der Waals surface area contributed by atoms with Crippen molar-refractivity contribution in [3.8, 4) is 0 Å². The minimum Gasteiger partial charge on any atom is -0.393 e. The van der Waals surface area contributed by atoms with Gasteiger partial charge in [0, 0.05) is 18.9 Å². The monoisotopic (exact) mass is 430 g/mol. The first-order valence-electron chi connectivity index (χ1n) is 12.9. The topological polar surface area (TPSA) is 49.7 Å². The van der Waals surface area contributed by atoms with E-state index in [-0.39, 0.29) is 11.5 Å². The third kappa shape index (κ3) is 3.58. The van der Waals surface area contributed by atoms with E-state index in [1.165, 1.54) is 25.7 Å². The number of rotatable bonds is 5. The number of ether oxygens (including phenoxy) is 1. The molecule has 2 N–H and O–H groups in total. The Labute approximate surface area is 190 Å². The van der Waals surface area contributed by atoms with E-state index in [9.17, 15) is 10.2 Å². The van der Waals surface area contributed by atoms with Crippen LogP contribution in [0.4, 0.5) is 0 Å². The fraction of sp³-hybridized carbons (Fsp3) is 0.857. The van der Waals surface area contributed by atoms with E-state index in [1.54, 1.807) is 12.7 Å². The highest BCUT2D eigenvalue weighted by molar-refractivity contribution is 5.33. The minimum absolute atomic E-state index is 0.209. The van der Waals surface area contributed by atoms with E-state index in [4.69, 9.17) is 4.74 Å². The Balaban J connectivity index is 1.64. The van der Waals surface area contributed by atoms with Crippen molar-refractivity contribution in [3.63, 3.8) is 0 Å². The van der Waals surface area contributed by atoms with Crippen LogP contribution in [-0.2, 0) is 4.74 Å². The lowest BCUT2D eigenvalue weighted by Gasteiger charge is -2.62. The summed E-state index contributed by atoms with van der Waals surface area (Å²) < 4.78 is 5.91. The number of aliphatic hydroxyl groups excluding tert-OH is 1. The highest BCUT2D eigenvalue weighted by atomic mass is 16.5. The van der Waals surface area contributed by atoms with Gasteiger partial charge >= 0.3 is 0 Å². The number of aliphatic hydroxyl groups is 2. The van der Waals surface area contributed by atoms with Crippen molar-refractivity contribution in [2.75, 3.05) is 7.11 Å². The van der Waals surface area contributed by atoms with Gasteiger partial charge in [-0.1, -0.05) is 58.4 Å². The zero-order valence-electron chi connectivity index (χ0n) is 20.7. The Kier molecular flexibility index (Phi) is 6.29. The van der Waals surface area contributed by atoms with Crippen molar-refractivity contribution in [1.82, 2.24) is 0 Å². The van der Waals surface area contributed by atoms with Crippen molar-refractivity contribution in [2.24, 2.45) is 40.4 Å². The normalized spacial score (nSPS) is 48.3. The van der Waals surface area contributed by atoms with Crippen LogP contribution in [0.2, 0.25) is 0 Å². The maximum absolute atomic E-state index is 11.9. The molecule has 3 fully saturated rings. The quantitative estimate of drug-likeness (QED) is 0.534. The Morgan fingerprint density at radius 2 is 1.84 bits per heavy atom. The van der Waals surface area contributed by atoms with Crippen LogP contribution in [0, 0.1) is 40.4 Å². The zero-order valence-corrected chi connectivity index (χ0v) is 20.7. The SMILES string of the molecule is CO[C@@H]1C=C2[C@@H]3CC[C@H]([C@H](C)/C=C\CC(C)C)[C@@]3(C)CC[C@@H]2[C@@]2(C)CC[C@H](O)C[C@]12O. The molecule has 4 aliphatic carbocycles. The molecule has 0 aromatic rings. The predicted molar refractivity (Wildman–Crippen MR) is 127 cm³/mol. The van der Waals surface area contributed by atoms with Crippen molar-refractivity contribution in [2.45, 2.75) is 104 Å². The van der Waals surface area contributed by atoms with Crippen LogP contribution in [0.25, 0.3) is 0 Å². The lowest BCUT2D eigenvalue weighted by atomic mass is 9.45. The molecule has 0 aliphatic heterocycles. The summed E-state index contributed by atoms with van der Waals surface area (Å²) in [5, 5.41) is 22.3. The fourth-order valence-corrected chi connectivity index (χ4v) is 8.39. The maximum Gasteiger partial charge on any atom is 0.105 e. The van der Waals surface area contributed by atoms with Gasteiger partial charge < -0.3 is 14.9 Å². The first-order chi connectivity index (χ1) is 14.6. The van der Waals surface area contributed by atoms with Crippen molar-refractivity contribution >= 4 is 0 Å². The second kappa shape index (κ2) is 8.29. The average molecular weight is 431 g/mol. The Morgan fingerprint density at radius 1 is 1.10 bits per heavy atom. The first-order valence-corrected chi connectivity index (χ1v) is 12.9. The minimum atomic E-state index is -0.966. The van der Waals surface area contributed by atoms with E-state index in [2.05, 4.69) is 52.8 Å². The van der Waals surface area contributed by atoms with Gasteiger partial charge in [-0.25, -0.2) is 0 Å². The Hall–Kier alpha value is -0.640. The number of allylic oxidation sites excluding steroid dienone is 3. The lowest BCUT2D eigenvalue weighted by Crippen LogP contribution is -2.65. The Bertz CT molecular complexity index is 726. The van der Waals surface area contributed by atoms with E-state index in [0.717, 1.165) is 31.1 Å². The van der Waals surface area contributed by atoms with Gasteiger partial charge in [0.05, 0.1) is 6.10 Å². The molecule has 0 bridgehead atoms. The highest BCUT2D eigenvalue weighted by Crippen LogP contribution is 2.67. The van der Waals surface area contributed by atoms with E-state index in [0.29, 0.717) is 29.6 Å². The number of hydrogen-bond donors (Lipinski definition) is 2. The summed E-state index contributed by atoms with van der Waals surface area (Å²) in [6.07, 6.45) is 14.7. The van der Waals surface area contributed by atoms with Gasteiger partial charge in [0.15, 0.2) is 0 Å². The molecule has 0 saturated heterocycles. The lowest BCUT2D eigenvalue weighted by molar-refractivity contribution is -0.216. The fourth-order valence-electron chi connectivity index (χ4n) is 8.39. The number of methoxy groups -OCH3 is 1. The molecule has 0 heterocycles. The smallest absolute Gasteiger partial charge is 0.105 e. The summed E-state index contributed by atoms with van der Waals surface area (Å²) in [6.45, 7) is 11.8. The highest BCUT2D eigenvalue weighted by Gasteiger charge is 2.65. The molecule has 0 spiro atoms. The molecule has 9 atom stereocenters. The summed E-state index contributed by atoms with van der Waals surface area (Å²) in [5.41, 5.74) is 0.734. The number of fused-ring (bicyclic) bond motifs is 5. The van der Waals surface area contributed by atoms with Gasteiger partial charge in [0.25, 0.3) is 0 Å². The second-order valence-corrected chi connectivity index (χ2v) is 12.3. The van der Waals surface area contributed by atoms with Crippen molar-refractivity contribution < 1.29 is 14.9 Å². The largest absolute Gasteiger partial charge is 0.393 e. The van der Waals surface area contributed by atoms with Crippen molar-refractivity contribution in [3.05, 3.63) is 23.8 Å². The van der Waals surface area contributed by atoms with Crippen LogP contribution in [0.5, 0.6) is 0 Å². The summed E-state index contributed by atoms with van der Waals surface area (Å²) in [7, 11) is 1.72. The third-order valence-electron chi connectivity index (χ3n) is 10.2. The molecule has 0 radical (unpaired) electrons. The molecule has 31 heavy (non-hydrogen) atoms. The van der Waals surface area contributed by atoms with Crippen LogP contribution in [-0.4, -0.2) is 35.1 Å². The Morgan fingerprint density at radius 3 is 2.52 bits per heavy atom. The summed E-state index contributed by atoms with van der Waals surface area (Å²) in [4.78, 5) is 0. The molecule has 4 rings (SSSR count). The average Bonchev–Trinajstić information content (AvgIpc) is 3.05. The van der Waals surface area contributed by atoms with Gasteiger partial charge in [0.1, 0.15) is 11.7 Å². The molecular formula is C28H46O3. The molecule has 3 saturated carbocycles. The molecule has 0 amide bonds. The molecule has 3 heteroatoms. The molecular weight excluding hydrogens is 384 g/mol. The first kappa shape index (κ1) is 23.5. The van der Waals surface area contributed by atoms with Crippen molar-refractivity contribution in [1.29, 1.82) is 0 Å². The molecule has 3 nitrogen and oxygen atoms in total. The summed E-state index contributed by atoms with van der Waals surface area (Å²) in [5.74, 6) is 3.08. The predicted octanol–water partition coefficient (Wildman–Crippen LogP) is 5.90. The van der Waals surface area contributed by atoms with Crippen LogP contribution in [0.15, 0.2) is 23.8 Å². The molecule has 176 valence electrons.